The van der Waals surface area contributed by atoms with E-state index in [1.165, 1.54) is 7.05 Å². The SMILES string of the molecule is C=C.C=O.CN.O=C(c1cn(Cc2ccccc2Cl)cn1)c1ccccc1Cl. The zero-order valence-electron chi connectivity index (χ0n) is 15.6. The zero-order valence-corrected chi connectivity index (χ0v) is 17.2. The van der Waals surface area contributed by atoms with Crippen LogP contribution in [0.2, 0.25) is 10.0 Å². The van der Waals surface area contributed by atoms with Gasteiger partial charge in [0.05, 0.1) is 11.3 Å². The quantitative estimate of drug-likeness (QED) is 0.492. The highest BCUT2D eigenvalue weighted by Crippen LogP contribution is 2.19. The summed E-state index contributed by atoms with van der Waals surface area (Å²) in [6, 6.07) is 14.5. The lowest BCUT2D eigenvalue weighted by Crippen LogP contribution is -2.03. The number of rotatable bonds is 4. The van der Waals surface area contributed by atoms with Crippen molar-refractivity contribution in [1.82, 2.24) is 9.55 Å². The van der Waals surface area contributed by atoms with Gasteiger partial charge in [-0.15, -0.1) is 13.2 Å². The topological polar surface area (TPSA) is 78.0 Å². The van der Waals surface area contributed by atoms with Crippen LogP contribution in [0.3, 0.4) is 0 Å². The third-order valence-electron chi connectivity index (χ3n) is 3.30. The molecule has 148 valence electrons. The number of aromatic nitrogens is 2. The number of carbonyl (C=O) groups excluding carboxylic acids is 2. The standard InChI is InChI=1S/C17H12Cl2N2O.C2H4.CH5N.CH2O/c18-14-7-3-1-5-12(14)9-21-10-16(20-11-21)17(22)13-6-2-4-8-15(13)19;3*1-2/h1-8,10-11H,9H2;1-2H2;2H2,1H3;1H2. The van der Waals surface area contributed by atoms with E-state index in [1.54, 1.807) is 36.8 Å². The van der Waals surface area contributed by atoms with E-state index in [-0.39, 0.29) is 5.78 Å². The first-order valence-electron chi connectivity index (χ1n) is 8.06. The fourth-order valence-electron chi connectivity index (χ4n) is 2.17. The predicted molar refractivity (Wildman–Crippen MR) is 116 cm³/mol. The summed E-state index contributed by atoms with van der Waals surface area (Å²) in [6.45, 7) is 8.56. The van der Waals surface area contributed by atoms with E-state index in [2.05, 4.69) is 23.9 Å². The van der Waals surface area contributed by atoms with Crippen molar-refractivity contribution < 1.29 is 9.59 Å². The van der Waals surface area contributed by atoms with Gasteiger partial charge in [-0.3, -0.25) is 4.79 Å². The molecule has 28 heavy (non-hydrogen) atoms. The Hall–Kier alpha value is -2.73. The molecule has 0 amide bonds. The van der Waals surface area contributed by atoms with Crippen LogP contribution in [0.15, 0.2) is 74.2 Å². The molecule has 3 rings (SSSR count). The van der Waals surface area contributed by atoms with Gasteiger partial charge in [0, 0.05) is 23.3 Å². The van der Waals surface area contributed by atoms with Crippen LogP contribution in [0.25, 0.3) is 0 Å². The number of imidazole rings is 1. The molecule has 0 aliphatic rings. The number of hydrogen-bond donors (Lipinski definition) is 1. The van der Waals surface area contributed by atoms with E-state index in [0.29, 0.717) is 27.8 Å². The van der Waals surface area contributed by atoms with E-state index < -0.39 is 0 Å². The van der Waals surface area contributed by atoms with Crippen LogP contribution in [0, 0.1) is 0 Å². The molecular formula is C21H23Cl2N3O2. The fraction of sp³-hybridized carbons (Fsp3) is 0.0952. The van der Waals surface area contributed by atoms with Crippen LogP contribution in [0.4, 0.5) is 0 Å². The molecule has 0 bridgehead atoms. The van der Waals surface area contributed by atoms with E-state index >= 15 is 0 Å². The van der Waals surface area contributed by atoms with Crippen molar-refractivity contribution in [3.8, 4) is 0 Å². The number of benzene rings is 2. The number of nitrogens with two attached hydrogens (primary N) is 1. The summed E-state index contributed by atoms with van der Waals surface area (Å²) in [5.74, 6) is -0.191. The van der Waals surface area contributed by atoms with Gasteiger partial charge < -0.3 is 15.1 Å². The average Bonchev–Trinajstić information content (AvgIpc) is 3.23. The lowest BCUT2D eigenvalue weighted by Gasteiger charge is -2.04. The summed E-state index contributed by atoms with van der Waals surface area (Å²) in [4.78, 5) is 24.6. The van der Waals surface area contributed by atoms with Crippen molar-refractivity contribution in [3.63, 3.8) is 0 Å². The van der Waals surface area contributed by atoms with Crippen molar-refractivity contribution in [2.24, 2.45) is 5.73 Å². The fourth-order valence-corrected chi connectivity index (χ4v) is 2.59. The van der Waals surface area contributed by atoms with Gasteiger partial charge in [-0.05, 0) is 30.8 Å². The van der Waals surface area contributed by atoms with Crippen LogP contribution in [0.1, 0.15) is 21.6 Å². The molecule has 0 aliphatic heterocycles. The van der Waals surface area contributed by atoms with Crippen LogP contribution in [-0.4, -0.2) is 29.2 Å². The largest absolute Gasteiger partial charge is 0.333 e. The predicted octanol–water partition coefficient (Wildman–Crippen LogP) is 4.66. The molecule has 5 nitrogen and oxygen atoms in total. The molecule has 3 aromatic rings. The Bertz CT molecular complexity index is 864. The Labute approximate surface area is 175 Å². The number of ketones is 1. The minimum atomic E-state index is -0.191. The summed E-state index contributed by atoms with van der Waals surface area (Å²) >= 11 is 12.2. The first-order valence-corrected chi connectivity index (χ1v) is 8.82. The maximum atomic E-state index is 12.4. The molecular weight excluding hydrogens is 397 g/mol. The summed E-state index contributed by atoms with van der Waals surface area (Å²) < 4.78 is 1.82. The number of hydrogen-bond acceptors (Lipinski definition) is 4. The monoisotopic (exact) mass is 419 g/mol. The van der Waals surface area contributed by atoms with Gasteiger partial charge in [-0.1, -0.05) is 53.5 Å². The third-order valence-corrected chi connectivity index (χ3v) is 3.99. The lowest BCUT2D eigenvalue weighted by molar-refractivity contribution is -0.0980. The Morgan fingerprint density at radius 2 is 1.54 bits per heavy atom. The third kappa shape index (κ3) is 7.12. The molecule has 0 aliphatic carbocycles. The molecule has 1 aromatic heterocycles. The molecule has 7 heteroatoms. The van der Waals surface area contributed by atoms with Crippen molar-refractivity contribution in [2.45, 2.75) is 6.54 Å². The van der Waals surface area contributed by atoms with Crippen molar-refractivity contribution in [1.29, 1.82) is 0 Å². The highest BCUT2D eigenvalue weighted by atomic mass is 35.5. The van der Waals surface area contributed by atoms with Crippen molar-refractivity contribution in [3.05, 3.63) is 101 Å². The van der Waals surface area contributed by atoms with Gasteiger partial charge >= 0.3 is 0 Å². The minimum Gasteiger partial charge on any atom is -0.333 e. The summed E-state index contributed by atoms with van der Waals surface area (Å²) in [5, 5.41) is 1.11. The molecule has 1 heterocycles. The number of carbonyl (C=O) groups is 2. The molecule has 0 saturated carbocycles. The second kappa shape index (κ2) is 14.3. The van der Waals surface area contributed by atoms with Gasteiger partial charge in [0.25, 0.3) is 0 Å². The van der Waals surface area contributed by atoms with Gasteiger partial charge in [0.2, 0.25) is 5.78 Å². The zero-order chi connectivity index (χ0) is 21.5. The van der Waals surface area contributed by atoms with E-state index in [4.69, 9.17) is 28.0 Å². The molecule has 0 saturated heterocycles. The van der Waals surface area contributed by atoms with Gasteiger partial charge in [-0.25, -0.2) is 4.98 Å². The van der Waals surface area contributed by atoms with Gasteiger partial charge in [0.15, 0.2) is 0 Å². The van der Waals surface area contributed by atoms with Crippen LogP contribution in [-0.2, 0) is 11.3 Å². The van der Waals surface area contributed by atoms with E-state index in [0.717, 1.165) is 5.56 Å². The van der Waals surface area contributed by atoms with Gasteiger partial charge in [-0.2, -0.15) is 0 Å². The Morgan fingerprint density at radius 3 is 2.11 bits per heavy atom. The second-order valence-corrected chi connectivity index (χ2v) is 5.65. The van der Waals surface area contributed by atoms with Crippen LogP contribution < -0.4 is 5.73 Å². The molecule has 0 radical (unpaired) electrons. The van der Waals surface area contributed by atoms with Crippen molar-refractivity contribution in [2.75, 3.05) is 7.05 Å². The normalized spacial score (nSPS) is 8.86. The molecule has 2 N–H and O–H groups in total. The second-order valence-electron chi connectivity index (χ2n) is 4.83. The van der Waals surface area contributed by atoms with E-state index in [9.17, 15) is 4.79 Å². The Morgan fingerprint density at radius 1 is 1.00 bits per heavy atom. The maximum Gasteiger partial charge on any atom is 0.214 e. The molecule has 0 atom stereocenters. The molecule has 0 spiro atoms. The average molecular weight is 420 g/mol. The van der Waals surface area contributed by atoms with Crippen molar-refractivity contribution >= 4 is 35.8 Å². The van der Waals surface area contributed by atoms with Gasteiger partial charge in [0.1, 0.15) is 12.5 Å². The molecule has 2 aromatic carbocycles. The highest BCUT2D eigenvalue weighted by molar-refractivity contribution is 6.34. The minimum absolute atomic E-state index is 0.191. The first-order chi connectivity index (χ1) is 13.6. The summed E-state index contributed by atoms with van der Waals surface area (Å²) in [6.07, 6.45) is 3.32. The smallest absolute Gasteiger partial charge is 0.214 e. The van der Waals surface area contributed by atoms with Crippen LogP contribution in [0.5, 0.6) is 0 Å². The summed E-state index contributed by atoms with van der Waals surface area (Å²) in [7, 11) is 1.50. The lowest BCUT2D eigenvalue weighted by atomic mass is 10.1. The van der Waals surface area contributed by atoms with E-state index in [1.807, 2.05) is 35.6 Å². The molecule has 0 fully saturated rings. The Kier molecular flexibility index (Phi) is 12.9. The first kappa shape index (κ1) is 25.3. The number of nitrogens with zero attached hydrogens (tertiary/aromatic N) is 2. The highest BCUT2D eigenvalue weighted by Gasteiger charge is 2.15. The van der Waals surface area contributed by atoms with Crippen LogP contribution >= 0.6 is 23.2 Å². The Balaban J connectivity index is 0.00000111. The maximum absolute atomic E-state index is 12.4. The summed E-state index contributed by atoms with van der Waals surface area (Å²) in [5.41, 5.74) is 6.28. The number of halogens is 2. The molecule has 0 unspecified atom stereocenters.